The van der Waals surface area contributed by atoms with Crippen molar-refractivity contribution >= 4 is 5.69 Å². The predicted octanol–water partition coefficient (Wildman–Crippen LogP) is 1.54. The molecular weight excluding hydrogens is 160 g/mol. The molecule has 70 valence electrons. The van der Waals surface area contributed by atoms with Crippen molar-refractivity contribution in [3.63, 3.8) is 0 Å². The Morgan fingerprint density at radius 3 is 3.15 bits per heavy atom. The standard InChI is InChI=1S/C11H16N2/c1-8-7-10-4-2-3-9(5-6-12)11(10)13-8/h2-4,8,13H,5-7,12H2,1H3. The van der Waals surface area contributed by atoms with Crippen molar-refractivity contribution in [3.8, 4) is 0 Å². The van der Waals surface area contributed by atoms with E-state index in [2.05, 4.69) is 30.4 Å². The van der Waals surface area contributed by atoms with E-state index in [1.807, 2.05) is 0 Å². The van der Waals surface area contributed by atoms with Crippen LogP contribution in [0.15, 0.2) is 18.2 Å². The maximum absolute atomic E-state index is 5.56. The van der Waals surface area contributed by atoms with Crippen LogP contribution in [0.2, 0.25) is 0 Å². The van der Waals surface area contributed by atoms with Crippen molar-refractivity contribution in [2.24, 2.45) is 5.73 Å². The lowest BCUT2D eigenvalue weighted by Gasteiger charge is -2.08. The second-order valence-corrected chi connectivity index (χ2v) is 3.74. The van der Waals surface area contributed by atoms with Gasteiger partial charge in [0, 0.05) is 11.7 Å². The summed E-state index contributed by atoms with van der Waals surface area (Å²) in [5.74, 6) is 0. The fourth-order valence-electron chi connectivity index (χ4n) is 2.00. The first-order chi connectivity index (χ1) is 6.31. The van der Waals surface area contributed by atoms with Gasteiger partial charge in [-0.15, -0.1) is 0 Å². The molecular formula is C11H16N2. The molecule has 1 aromatic rings. The van der Waals surface area contributed by atoms with Crippen molar-refractivity contribution in [2.45, 2.75) is 25.8 Å². The minimum absolute atomic E-state index is 0.578. The molecule has 3 N–H and O–H groups in total. The lowest BCUT2D eigenvalue weighted by Crippen LogP contribution is -2.10. The van der Waals surface area contributed by atoms with E-state index >= 15 is 0 Å². The molecule has 2 nitrogen and oxygen atoms in total. The van der Waals surface area contributed by atoms with Crippen LogP contribution < -0.4 is 11.1 Å². The Kier molecular flexibility index (Phi) is 2.23. The van der Waals surface area contributed by atoms with Gasteiger partial charge in [0.2, 0.25) is 0 Å². The number of benzene rings is 1. The highest BCUT2D eigenvalue weighted by Gasteiger charge is 2.18. The normalized spacial score (nSPS) is 19.7. The molecule has 0 saturated heterocycles. The second kappa shape index (κ2) is 3.38. The zero-order valence-electron chi connectivity index (χ0n) is 8.01. The Morgan fingerprint density at radius 1 is 1.54 bits per heavy atom. The summed E-state index contributed by atoms with van der Waals surface area (Å²) >= 11 is 0. The van der Waals surface area contributed by atoms with Gasteiger partial charge in [-0.1, -0.05) is 18.2 Å². The number of anilines is 1. The van der Waals surface area contributed by atoms with Crippen molar-refractivity contribution < 1.29 is 0 Å². The lowest BCUT2D eigenvalue weighted by molar-refractivity contribution is 0.838. The van der Waals surface area contributed by atoms with Crippen LogP contribution in [-0.4, -0.2) is 12.6 Å². The van der Waals surface area contributed by atoms with E-state index in [0.29, 0.717) is 6.04 Å². The maximum Gasteiger partial charge on any atom is 0.0408 e. The van der Waals surface area contributed by atoms with E-state index in [-0.39, 0.29) is 0 Å². The van der Waals surface area contributed by atoms with Crippen molar-refractivity contribution in [1.82, 2.24) is 0 Å². The zero-order chi connectivity index (χ0) is 9.26. The predicted molar refractivity (Wildman–Crippen MR) is 56.0 cm³/mol. The van der Waals surface area contributed by atoms with E-state index < -0.39 is 0 Å². The van der Waals surface area contributed by atoms with Crippen LogP contribution in [0.25, 0.3) is 0 Å². The third-order valence-electron chi connectivity index (χ3n) is 2.57. The Hall–Kier alpha value is -1.02. The highest BCUT2D eigenvalue weighted by molar-refractivity contribution is 5.62. The zero-order valence-corrected chi connectivity index (χ0v) is 8.01. The first kappa shape index (κ1) is 8.57. The molecule has 1 unspecified atom stereocenters. The van der Waals surface area contributed by atoms with E-state index in [4.69, 9.17) is 5.73 Å². The average molecular weight is 176 g/mol. The minimum Gasteiger partial charge on any atom is -0.382 e. The summed E-state index contributed by atoms with van der Waals surface area (Å²) < 4.78 is 0. The van der Waals surface area contributed by atoms with Gasteiger partial charge in [0.15, 0.2) is 0 Å². The van der Waals surface area contributed by atoms with Crippen molar-refractivity contribution in [2.75, 3.05) is 11.9 Å². The van der Waals surface area contributed by atoms with E-state index in [1.165, 1.54) is 16.8 Å². The third-order valence-corrected chi connectivity index (χ3v) is 2.57. The number of fused-ring (bicyclic) bond motifs is 1. The number of nitrogens with two attached hydrogens (primary N) is 1. The molecule has 0 bridgehead atoms. The quantitative estimate of drug-likeness (QED) is 0.717. The first-order valence-corrected chi connectivity index (χ1v) is 4.88. The van der Waals surface area contributed by atoms with Crippen LogP contribution >= 0.6 is 0 Å². The molecule has 0 aromatic heterocycles. The molecule has 0 aliphatic carbocycles. The van der Waals surface area contributed by atoms with Crippen molar-refractivity contribution in [3.05, 3.63) is 29.3 Å². The number of hydrogen-bond acceptors (Lipinski definition) is 2. The molecule has 1 aliphatic heterocycles. The highest BCUT2D eigenvalue weighted by Crippen LogP contribution is 2.29. The number of hydrogen-bond donors (Lipinski definition) is 2. The minimum atomic E-state index is 0.578. The molecule has 0 saturated carbocycles. The Balaban J connectivity index is 2.34. The van der Waals surface area contributed by atoms with Gasteiger partial charge < -0.3 is 11.1 Å². The number of para-hydroxylation sites is 1. The molecule has 1 aromatic carbocycles. The molecule has 2 rings (SSSR count). The molecule has 0 spiro atoms. The maximum atomic E-state index is 5.56. The van der Waals surface area contributed by atoms with Gasteiger partial charge in [-0.2, -0.15) is 0 Å². The second-order valence-electron chi connectivity index (χ2n) is 3.74. The third kappa shape index (κ3) is 1.54. The fraction of sp³-hybridized carbons (Fsp3) is 0.455. The highest BCUT2D eigenvalue weighted by atomic mass is 14.9. The fourth-order valence-corrected chi connectivity index (χ4v) is 2.00. The topological polar surface area (TPSA) is 38.0 Å². The van der Waals surface area contributed by atoms with Crippen molar-refractivity contribution in [1.29, 1.82) is 0 Å². The van der Waals surface area contributed by atoms with Crippen LogP contribution in [-0.2, 0) is 12.8 Å². The summed E-state index contributed by atoms with van der Waals surface area (Å²) in [5, 5.41) is 3.50. The van der Waals surface area contributed by atoms with Gasteiger partial charge >= 0.3 is 0 Å². The molecule has 0 radical (unpaired) electrons. The Labute approximate surface area is 79.1 Å². The van der Waals surface area contributed by atoms with Gasteiger partial charge in [-0.25, -0.2) is 0 Å². The average Bonchev–Trinajstić information content (AvgIpc) is 2.47. The van der Waals surface area contributed by atoms with Gasteiger partial charge in [-0.3, -0.25) is 0 Å². The number of rotatable bonds is 2. The van der Waals surface area contributed by atoms with E-state index in [9.17, 15) is 0 Å². The molecule has 1 heterocycles. The lowest BCUT2D eigenvalue weighted by atomic mass is 10.0. The smallest absolute Gasteiger partial charge is 0.0408 e. The van der Waals surface area contributed by atoms with Gasteiger partial charge in [0.05, 0.1) is 0 Å². The van der Waals surface area contributed by atoms with Crippen LogP contribution in [0.1, 0.15) is 18.1 Å². The van der Waals surface area contributed by atoms with Crippen LogP contribution in [0, 0.1) is 0 Å². The monoisotopic (exact) mass is 176 g/mol. The molecule has 13 heavy (non-hydrogen) atoms. The van der Waals surface area contributed by atoms with Crippen LogP contribution in [0.5, 0.6) is 0 Å². The SMILES string of the molecule is CC1Cc2cccc(CCN)c2N1. The molecule has 1 aliphatic rings. The van der Waals surface area contributed by atoms with Crippen LogP contribution in [0.4, 0.5) is 5.69 Å². The van der Waals surface area contributed by atoms with Gasteiger partial charge in [-0.05, 0) is 37.4 Å². The van der Waals surface area contributed by atoms with E-state index in [1.54, 1.807) is 0 Å². The van der Waals surface area contributed by atoms with Gasteiger partial charge in [0.25, 0.3) is 0 Å². The first-order valence-electron chi connectivity index (χ1n) is 4.88. The molecule has 0 amide bonds. The summed E-state index contributed by atoms with van der Waals surface area (Å²) in [4.78, 5) is 0. The molecule has 2 heteroatoms. The summed E-state index contributed by atoms with van der Waals surface area (Å²) in [5.41, 5.74) is 9.70. The van der Waals surface area contributed by atoms with Gasteiger partial charge in [0.1, 0.15) is 0 Å². The largest absolute Gasteiger partial charge is 0.382 e. The summed E-state index contributed by atoms with van der Waals surface area (Å²) in [7, 11) is 0. The molecule has 1 atom stereocenters. The number of nitrogens with one attached hydrogen (secondary N) is 1. The Bertz CT molecular complexity index is 307. The Morgan fingerprint density at radius 2 is 2.38 bits per heavy atom. The summed E-state index contributed by atoms with van der Waals surface area (Å²) in [6, 6.07) is 7.07. The van der Waals surface area contributed by atoms with Crippen LogP contribution in [0.3, 0.4) is 0 Å². The molecule has 0 fully saturated rings. The van der Waals surface area contributed by atoms with E-state index in [0.717, 1.165) is 19.4 Å². The summed E-state index contributed by atoms with van der Waals surface area (Å²) in [6.45, 7) is 2.94. The summed E-state index contributed by atoms with van der Waals surface area (Å²) in [6.07, 6.45) is 2.12.